The Kier molecular flexibility index (Phi) is 6.74. The quantitative estimate of drug-likeness (QED) is 0.574. The Morgan fingerprint density at radius 1 is 0.871 bits per heavy atom. The molecule has 0 aliphatic carbocycles. The number of nitrogens with one attached hydrogen (secondary N) is 2. The summed E-state index contributed by atoms with van der Waals surface area (Å²) >= 11 is 0. The van der Waals surface area contributed by atoms with Gasteiger partial charge in [0.2, 0.25) is 5.91 Å². The number of rotatable bonds is 6. The molecule has 3 aromatic rings. The highest BCUT2D eigenvalue weighted by molar-refractivity contribution is 5.98. The van der Waals surface area contributed by atoms with Gasteiger partial charge in [-0.15, -0.1) is 0 Å². The van der Waals surface area contributed by atoms with E-state index in [0.717, 1.165) is 16.7 Å². The monoisotopic (exact) mass is 426 g/mol. The van der Waals surface area contributed by atoms with Crippen LogP contribution in [-0.4, -0.2) is 24.5 Å². The van der Waals surface area contributed by atoms with Gasteiger partial charge in [-0.3, -0.25) is 9.59 Å². The molecule has 31 heavy (non-hydrogen) atoms. The van der Waals surface area contributed by atoms with Gasteiger partial charge in [-0.05, 0) is 41.3 Å². The number of carbonyl (C=O) groups is 2. The Morgan fingerprint density at radius 3 is 2.16 bits per heavy atom. The molecule has 3 rings (SSSR count). The smallest absolute Gasteiger partial charge is 0.343 e. The lowest BCUT2D eigenvalue weighted by Crippen LogP contribution is -2.33. The molecule has 160 valence electrons. The van der Waals surface area contributed by atoms with Gasteiger partial charge in [0.05, 0.1) is 6.42 Å². The van der Waals surface area contributed by atoms with Crippen LogP contribution < -0.4 is 10.6 Å². The summed E-state index contributed by atoms with van der Waals surface area (Å²) in [5.41, 5.74) is 4.05. The first-order valence-electron chi connectivity index (χ1n) is 9.61. The maximum absolute atomic E-state index is 12.5. The van der Waals surface area contributed by atoms with Crippen LogP contribution in [-0.2, 0) is 11.2 Å². The van der Waals surface area contributed by atoms with E-state index in [-0.39, 0.29) is 17.9 Å². The number of hydrogen-bond acceptors (Lipinski definition) is 2. The average Bonchev–Trinajstić information content (AvgIpc) is 2.74. The van der Waals surface area contributed by atoms with Crippen molar-refractivity contribution < 1.29 is 22.8 Å². The van der Waals surface area contributed by atoms with E-state index in [4.69, 9.17) is 0 Å². The summed E-state index contributed by atoms with van der Waals surface area (Å²) < 4.78 is 36.9. The van der Waals surface area contributed by atoms with Gasteiger partial charge in [0.25, 0.3) is 5.91 Å². The van der Waals surface area contributed by atoms with E-state index in [1.807, 2.05) is 59.9 Å². The van der Waals surface area contributed by atoms with Crippen molar-refractivity contribution in [3.05, 3.63) is 89.5 Å². The summed E-state index contributed by atoms with van der Waals surface area (Å²) in [7, 11) is 0. The van der Waals surface area contributed by atoms with Gasteiger partial charge in [0.1, 0.15) is 6.54 Å². The lowest BCUT2D eigenvalue weighted by atomic mass is 10.0. The zero-order valence-corrected chi connectivity index (χ0v) is 16.8. The zero-order chi connectivity index (χ0) is 22.4. The third kappa shape index (κ3) is 6.44. The van der Waals surface area contributed by atoms with Crippen molar-refractivity contribution in [2.24, 2.45) is 0 Å². The lowest BCUT2D eigenvalue weighted by Gasteiger charge is -2.12. The highest BCUT2D eigenvalue weighted by atomic mass is 19.4. The molecule has 0 aliphatic rings. The van der Waals surface area contributed by atoms with Crippen molar-refractivity contribution in [2.75, 3.05) is 11.9 Å². The molecular weight excluding hydrogens is 405 g/mol. The number of amides is 2. The van der Waals surface area contributed by atoms with E-state index >= 15 is 0 Å². The molecule has 0 saturated heterocycles. The van der Waals surface area contributed by atoms with Crippen LogP contribution in [0.15, 0.2) is 72.8 Å². The molecule has 3 aromatic carbocycles. The molecule has 2 amide bonds. The number of halogens is 3. The summed E-state index contributed by atoms with van der Waals surface area (Å²) in [5, 5.41) is 4.55. The average molecular weight is 426 g/mol. The fraction of sp³-hybridized carbons (Fsp3) is 0.167. The van der Waals surface area contributed by atoms with Gasteiger partial charge in [0, 0.05) is 11.3 Å². The molecular formula is C24H21F3N2O2. The highest BCUT2D eigenvalue weighted by Crippen LogP contribution is 2.21. The minimum absolute atomic E-state index is 0.0392. The Morgan fingerprint density at radius 2 is 1.52 bits per heavy atom. The molecule has 0 aliphatic heterocycles. The predicted molar refractivity (Wildman–Crippen MR) is 114 cm³/mol. The molecule has 7 heteroatoms. The van der Waals surface area contributed by atoms with E-state index in [1.54, 1.807) is 13.0 Å². The van der Waals surface area contributed by atoms with E-state index < -0.39 is 18.6 Å². The first-order chi connectivity index (χ1) is 14.7. The standard InChI is InChI=1S/C24H21F3N2O2/c1-16-7-10-20(23(31)28-15-24(25,26)27)14-21(16)29-22(30)13-17-8-11-19(12-9-17)18-5-3-2-4-6-18/h2-12,14H,13,15H2,1H3,(H,28,31)(H,29,30). The van der Waals surface area contributed by atoms with E-state index in [1.165, 1.54) is 12.1 Å². The van der Waals surface area contributed by atoms with E-state index in [0.29, 0.717) is 11.3 Å². The van der Waals surface area contributed by atoms with Crippen molar-refractivity contribution in [2.45, 2.75) is 19.5 Å². The molecule has 2 N–H and O–H groups in total. The van der Waals surface area contributed by atoms with Crippen LogP contribution in [0.3, 0.4) is 0 Å². The number of alkyl halides is 3. The number of anilines is 1. The molecule has 0 spiro atoms. The Bertz CT molecular complexity index is 1060. The van der Waals surface area contributed by atoms with Crippen molar-refractivity contribution in [3.63, 3.8) is 0 Å². The molecule has 0 unspecified atom stereocenters. The van der Waals surface area contributed by atoms with Crippen molar-refractivity contribution in [1.82, 2.24) is 5.32 Å². The summed E-state index contributed by atoms with van der Waals surface area (Å²) in [6.45, 7) is 0.321. The predicted octanol–water partition coefficient (Wildman–Crippen LogP) is 5.14. The number of aryl methyl sites for hydroxylation is 1. The van der Waals surface area contributed by atoms with Crippen LogP contribution >= 0.6 is 0 Å². The fourth-order valence-electron chi connectivity index (χ4n) is 3.01. The van der Waals surface area contributed by atoms with Crippen molar-refractivity contribution in [1.29, 1.82) is 0 Å². The second-order valence-electron chi connectivity index (χ2n) is 7.12. The minimum Gasteiger partial charge on any atom is -0.343 e. The topological polar surface area (TPSA) is 58.2 Å². The number of hydrogen-bond donors (Lipinski definition) is 2. The maximum atomic E-state index is 12.5. The Labute approximate surface area is 178 Å². The van der Waals surface area contributed by atoms with Gasteiger partial charge in [-0.1, -0.05) is 60.7 Å². The van der Waals surface area contributed by atoms with Crippen LogP contribution in [0.5, 0.6) is 0 Å². The first-order valence-corrected chi connectivity index (χ1v) is 9.61. The van der Waals surface area contributed by atoms with Gasteiger partial charge in [0.15, 0.2) is 0 Å². The molecule has 0 aromatic heterocycles. The summed E-state index contributed by atoms with van der Waals surface area (Å²) in [6.07, 6.45) is -4.37. The lowest BCUT2D eigenvalue weighted by molar-refractivity contribution is -0.123. The molecule has 0 bridgehead atoms. The molecule has 0 radical (unpaired) electrons. The largest absolute Gasteiger partial charge is 0.405 e. The van der Waals surface area contributed by atoms with Crippen molar-refractivity contribution >= 4 is 17.5 Å². The summed E-state index contributed by atoms with van der Waals surface area (Å²) in [4.78, 5) is 24.4. The molecule has 0 heterocycles. The second-order valence-corrected chi connectivity index (χ2v) is 7.12. The van der Waals surface area contributed by atoms with Gasteiger partial charge >= 0.3 is 6.18 Å². The molecule has 0 atom stereocenters. The third-order valence-electron chi connectivity index (χ3n) is 4.65. The third-order valence-corrected chi connectivity index (χ3v) is 4.65. The molecule has 0 fully saturated rings. The normalized spacial score (nSPS) is 11.1. The maximum Gasteiger partial charge on any atom is 0.405 e. The van der Waals surface area contributed by atoms with Crippen LogP contribution in [0.1, 0.15) is 21.5 Å². The minimum atomic E-state index is -4.49. The zero-order valence-electron chi connectivity index (χ0n) is 16.8. The SMILES string of the molecule is Cc1ccc(C(=O)NCC(F)(F)F)cc1NC(=O)Cc1ccc(-c2ccccc2)cc1. The first kappa shape index (κ1) is 22.1. The second kappa shape index (κ2) is 9.47. The summed E-state index contributed by atoms with van der Waals surface area (Å²) in [5.74, 6) is -1.15. The van der Waals surface area contributed by atoms with E-state index in [9.17, 15) is 22.8 Å². The van der Waals surface area contributed by atoms with Gasteiger partial charge in [-0.25, -0.2) is 0 Å². The number of carbonyl (C=O) groups excluding carboxylic acids is 2. The van der Waals surface area contributed by atoms with E-state index in [2.05, 4.69) is 5.32 Å². The van der Waals surface area contributed by atoms with Gasteiger partial charge in [-0.2, -0.15) is 13.2 Å². The fourth-order valence-corrected chi connectivity index (χ4v) is 3.01. The van der Waals surface area contributed by atoms with Crippen LogP contribution in [0, 0.1) is 6.92 Å². The van der Waals surface area contributed by atoms with Crippen LogP contribution in [0.25, 0.3) is 11.1 Å². The number of benzene rings is 3. The van der Waals surface area contributed by atoms with Gasteiger partial charge < -0.3 is 10.6 Å². The van der Waals surface area contributed by atoms with Crippen molar-refractivity contribution in [3.8, 4) is 11.1 Å². The van der Waals surface area contributed by atoms with Crippen LogP contribution in [0.4, 0.5) is 18.9 Å². The molecule has 4 nitrogen and oxygen atoms in total. The summed E-state index contributed by atoms with van der Waals surface area (Å²) in [6, 6.07) is 21.8. The molecule has 0 saturated carbocycles. The Balaban J connectivity index is 1.64. The van der Waals surface area contributed by atoms with Crippen LogP contribution in [0.2, 0.25) is 0 Å². The highest BCUT2D eigenvalue weighted by Gasteiger charge is 2.28. The Hall–Kier alpha value is -3.61.